The second-order valence-electron chi connectivity index (χ2n) is 10.6. The molecular weight excluding hydrogens is 510 g/mol. The molecule has 9 heteroatoms. The number of piperidine rings is 1. The molecule has 0 aromatic heterocycles. The maximum atomic E-state index is 13.1. The van der Waals surface area contributed by atoms with E-state index in [0.717, 1.165) is 27.8 Å². The van der Waals surface area contributed by atoms with E-state index in [1.807, 2.05) is 66.7 Å². The van der Waals surface area contributed by atoms with E-state index in [2.05, 4.69) is 17.4 Å². The normalized spacial score (nSPS) is 23.1. The molecule has 3 aromatic rings. The van der Waals surface area contributed by atoms with Crippen molar-refractivity contribution in [3.63, 3.8) is 0 Å². The number of nitrogens with zero attached hydrogens (tertiary/aromatic N) is 1. The molecule has 3 amide bonds. The fourth-order valence-corrected chi connectivity index (χ4v) is 6.29. The highest BCUT2D eigenvalue weighted by Crippen LogP contribution is 2.44. The summed E-state index contributed by atoms with van der Waals surface area (Å²) in [5.41, 5.74) is 9.80. The minimum atomic E-state index is -1.38. The number of alkyl carbamates (subject to hydrolysis) is 1. The van der Waals surface area contributed by atoms with Gasteiger partial charge in [0.2, 0.25) is 5.91 Å². The van der Waals surface area contributed by atoms with E-state index in [1.165, 1.54) is 0 Å². The van der Waals surface area contributed by atoms with Gasteiger partial charge in [-0.05, 0) is 27.8 Å². The summed E-state index contributed by atoms with van der Waals surface area (Å²) in [5, 5.41) is 2.78. The summed E-state index contributed by atoms with van der Waals surface area (Å²) in [6.07, 6.45) is -1.01. The molecule has 40 heavy (non-hydrogen) atoms. The molecule has 2 atom stereocenters. The van der Waals surface area contributed by atoms with Crippen molar-refractivity contribution in [1.29, 1.82) is 0 Å². The Labute approximate surface area is 232 Å². The minimum Gasteiger partial charge on any atom is -0.449 e. The number of hydrogen-bond acceptors (Lipinski definition) is 6. The first-order chi connectivity index (χ1) is 19.4. The van der Waals surface area contributed by atoms with E-state index < -0.39 is 35.7 Å². The van der Waals surface area contributed by atoms with Gasteiger partial charge in [0, 0.05) is 18.8 Å². The lowest BCUT2D eigenvalue weighted by Crippen LogP contribution is -2.71. The first-order valence-corrected chi connectivity index (χ1v) is 13.4. The van der Waals surface area contributed by atoms with Crippen LogP contribution in [0.5, 0.6) is 0 Å². The maximum absolute atomic E-state index is 13.1. The second-order valence-corrected chi connectivity index (χ2v) is 10.6. The van der Waals surface area contributed by atoms with Crippen LogP contribution < -0.4 is 11.1 Å². The van der Waals surface area contributed by atoms with Crippen molar-refractivity contribution >= 4 is 18.1 Å². The van der Waals surface area contributed by atoms with Gasteiger partial charge < -0.3 is 25.3 Å². The zero-order chi connectivity index (χ0) is 27.7. The van der Waals surface area contributed by atoms with Crippen LogP contribution >= 0.6 is 0 Å². The van der Waals surface area contributed by atoms with Gasteiger partial charge in [-0.1, -0.05) is 78.9 Å². The third kappa shape index (κ3) is 4.77. The summed E-state index contributed by atoms with van der Waals surface area (Å²) in [6, 6.07) is 24.6. The first-order valence-electron chi connectivity index (χ1n) is 13.4. The predicted molar refractivity (Wildman–Crippen MR) is 146 cm³/mol. The van der Waals surface area contributed by atoms with E-state index >= 15 is 0 Å². The number of primary amides is 1. The van der Waals surface area contributed by atoms with E-state index in [9.17, 15) is 14.4 Å². The number of carbonyl (C=O) groups is 3. The summed E-state index contributed by atoms with van der Waals surface area (Å²) in [7, 11) is 0. The average molecular weight is 542 g/mol. The van der Waals surface area contributed by atoms with Gasteiger partial charge in [0.15, 0.2) is 0 Å². The number of hydrogen-bond donors (Lipinski definition) is 2. The molecular formula is C31H31N3O6. The summed E-state index contributed by atoms with van der Waals surface area (Å²) in [4.78, 5) is 40.6. The van der Waals surface area contributed by atoms with Crippen LogP contribution in [0.4, 0.5) is 9.59 Å². The Morgan fingerprint density at radius 2 is 1.43 bits per heavy atom. The third-order valence-corrected chi connectivity index (χ3v) is 8.15. The fraction of sp³-hybridized carbons (Fsp3) is 0.323. The van der Waals surface area contributed by atoms with Gasteiger partial charge in [-0.15, -0.1) is 0 Å². The van der Waals surface area contributed by atoms with Crippen molar-refractivity contribution in [2.75, 3.05) is 19.8 Å². The van der Waals surface area contributed by atoms with Crippen molar-refractivity contribution in [2.45, 2.75) is 43.0 Å². The molecule has 2 aliphatic heterocycles. The van der Waals surface area contributed by atoms with Crippen molar-refractivity contribution in [2.24, 2.45) is 5.73 Å². The lowest BCUT2D eigenvalue weighted by molar-refractivity contribution is -0.135. The van der Waals surface area contributed by atoms with Crippen molar-refractivity contribution in [3.05, 3.63) is 95.6 Å². The number of fused-ring (bicyclic) bond motifs is 5. The number of ether oxygens (including phenoxy) is 3. The molecule has 9 nitrogen and oxygen atoms in total. The van der Waals surface area contributed by atoms with Gasteiger partial charge in [0.05, 0.1) is 25.3 Å². The molecule has 0 saturated carbocycles. The predicted octanol–water partition coefficient (Wildman–Crippen LogP) is 3.95. The Bertz CT molecular complexity index is 1370. The lowest BCUT2D eigenvalue weighted by Gasteiger charge is -2.51. The first kappa shape index (κ1) is 25.9. The number of carbonyl (C=O) groups excluding carboxylic acids is 3. The van der Waals surface area contributed by atoms with Crippen LogP contribution in [0.3, 0.4) is 0 Å². The van der Waals surface area contributed by atoms with E-state index in [1.54, 1.807) is 4.90 Å². The lowest BCUT2D eigenvalue weighted by atomic mass is 9.78. The number of rotatable bonds is 6. The maximum Gasteiger partial charge on any atom is 0.410 e. The Kier molecular flexibility index (Phi) is 6.89. The molecule has 2 saturated heterocycles. The Morgan fingerprint density at radius 3 is 2.02 bits per heavy atom. The molecule has 2 unspecified atom stereocenters. The summed E-state index contributed by atoms with van der Waals surface area (Å²) in [5.74, 6) is -0.785. The van der Waals surface area contributed by atoms with Crippen LogP contribution in [0.15, 0.2) is 78.9 Å². The van der Waals surface area contributed by atoms with Crippen LogP contribution in [0.25, 0.3) is 11.1 Å². The second kappa shape index (κ2) is 10.7. The molecule has 0 spiro atoms. The highest BCUT2D eigenvalue weighted by molar-refractivity contribution is 5.89. The van der Waals surface area contributed by atoms with Crippen LogP contribution in [0.2, 0.25) is 0 Å². The largest absolute Gasteiger partial charge is 0.449 e. The Hall–Kier alpha value is -4.37. The summed E-state index contributed by atoms with van der Waals surface area (Å²) < 4.78 is 17.0. The minimum absolute atomic E-state index is 0.101. The molecule has 3 N–H and O–H groups in total. The highest BCUT2D eigenvalue weighted by Gasteiger charge is 2.53. The van der Waals surface area contributed by atoms with Gasteiger partial charge >= 0.3 is 12.2 Å². The molecule has 1 aliphatic carbocycles. The van der Waals surface area contributed by atoms with E-state index in [0.29, 0.717) is 0 Å². The summed E-state index contributed by atoms with van der Waals surface area (Å²) >= 11 is 0. The Balaban J connectivity index is 1.13. The van der Waals surface area contributed by atoms with Gasteiger partial charge in [-0.3, -0.25) is 9.69 Å². The van der Waals surface area contributed by atoms with Gasteiger partial charge in [-0.2, -0.15) is 0 Å². The molecule has 206 valence electrons. The van der Waals surface area contributed by atoms with Crippen molar-refractivity contribution in [1.82, 2.24) is 10.2 Å². The monoisotopic (exact) mass is 541 g/mol. The molecule has 2 heterocycles. The highest BCUT2D eigenvalue weighted by atomic mass is 16.6. The van der Waals surface area contributed by atoms with E-state index in [4.69, 9.17) is 19.9 Å². The fourth-order valence-electron chi connectivity index (χ4n) is 6.29. The zero-order valence-electron chi connectivity index (χ0n) is 22.0. The Morgan fingerprint density at radius 1 is 0.850 bits per heavy atom. The molecule has 0 radical (unpaired) electrons. The van der Waals surface area contributed by atoms with Crippen LogP contribution in [-0.2, 0) is 25.6 Å². The van der Waals surface area contributed by atoms with Crippen molar-refractivity contribution in [3.8, 4) is 11.1 Å². The van der Waals surface area contributed by atoms with Crippen molar-refractivity contribution < 1.29 is 28.6 Å². The van der Waals surface area contributed by atoms with Gasteiger partial charge in [0.25, 0.3) is 0 Å². The average Bonchev–Trinajstić information content (AvgIpc) is 3.28. The zero-order valence-corrected chi connectivity index (χ0v) is 22.0. The van der Waals surface area contributed by atoms with Gasteiger partial charge in [0.1, 0.15) is 18.8 Å². The third-order valence-electron chi connectivity index (χ3n) is 8.15. The van der Waals surface area contributed by atoms with Crippen LogP contribution in [0, 0.1) is 0 Å². The number of morpholine rings is 1. The van der Waals surface area contributed by atoms with Gasteiger partial charge in [-0.25, -0.2) is 9.59 Å². The van der Waals surface area contributed by atoms with Crippen LogP contribution in [-0.4, -0.2) is 60.4 Å². The van der Waals surface area contributed by atoms with E-state index in [-0.39, 0.29) is 45.2 Å². The molecule has 2 bridgehead atoms. The number of nitrogens with one attached hydrogen (secondary N) is 1. The number of nitrogens with two attached hydrogens (primary N) is 1. The summed E-state index contributed by atoms with van der Waals surface area (Å²) in [6.45, 7) is 0.661. The smallest absolute Gasteiger partial charge is 0.410 e. The quantitative estimate of drug-likeness (QED) is 0.488. The molecule has 6 rings (SSSR count). The number of amides is 3. The van der Waals surface area contributed by atoms with Crippen LogP contribution in [0.1, 0.15) is 35.4 Å². The molecule has 3 aromatic carbocycles. The molecule has 3 aliphatic rings. The standard InChI is InChI=1S/C31H31N3O6/c32-28(35)31(14-21-17-38-18-22(15-31)34(21)30(37)40-16-20-8-2-1-3-9-20)33-29(36)39-19-27-25-12-6-4-10-23(25)24-11-5-7-13-26(24)27/h1-13,21-22,27H,14-19H2,(H2,32,35)(H,33,36). The number of benzene rings is 3. The topological polar surface area (TPSA) is 120 Å². The molecule has 2 fully saturated rings. The SMILES string of the molecule is NC(=O)C1(NC(=O)OCC2c3ccccc3-c3ccccc32)CC2COCC(C1)N2C(=O)OCc1ccccc1.